The van der Waals surface area contributed by atoms with Gasteiger partial charge in [0.1, 0.15) is 5.41 Å². The first kappa shape index (κ1) is 9.21. The number of ether oxygens (including phenoxy) is 1. The SMILES string of the molecule is CO[C@H]1CCC(=O)[C@](C)(C#N)C1. The van der Waals surface area contributed by atoms with Crippen molar-refractivity contribution < 1.29 is 9.53 Å². The summed E-state index contributed by atoms with van der Waals surface area (Å²) in [6.07, 6.45) is 1.85. The number of carbonyl (C=O) groups is 1. The number of hydrogen-bond donors (Lipinski definition) is 0. The summed E-state index contributed by atoms with van der Waals surface area (Å²) in [4.78, 5) is 11.3. The number of nitrogens with zero attached hydrogens (tertiary/aromatic N) is 1. The Morgan fingerprint density at radius 3 is 2.92 bits per heavy atom. The fourth-order valence-electron chi connectivity index (χ4n) is 1.55. The minimum Gasteiger partial charge on any atom is -0.381 e. The first-order valence-corrected chi connectivity index (χ1v) is 4.10. The van der Waals surface area contributed by atoms with E-state index in [1.165, 1.54) is 0 Å². The number of hydrogen-bond acceptors (Lipinski definition) is 3. The molecule has 2 atom stereocenters. The second kappa shape index (κ2) is 3.24. The van der Waals surface area contributed by atoms with Gasteiger partial charge < -0.3 is 4.74 Å². The van der Waals surface area contributed by atoms with Gasteiger partial charge in [-0.15, -0.1) is 0 Å². The first-order valence-electron chi connectivity index (χ1n) is 4.10. The average Bonchev–Trinajstić information content (AvgIpc) is 2.10. The van der Waals surface area contributed by atoms with Gasteiger partial charge >= 0.3 is 0 Å². The van der Waals surface area contributed by atoms with Crippen LogP contribution in [0.2, 0.25) is 0 Å². The lowest BCUT2D eigenvalue weighted by Gasteiger charge is -2.30. The molecule has 0 amide bonds. The lowest BCUT2D eigenvalue weighted by molar-refractivity contribution is -0.130. The minimum atomic E-state index is -0.807. The maximum Gasteiger partial charge on any atom is 0.152 e. The van der Waals surface area contributed by atoms with Gasteiger partial charge in [0.15, 0.2) is 5.78 Å². The summed E-state index contributed by atoms with van der Waals surface area (Å²) < 4.78 is 5.13. The normalized spacial score (nSPS) is 36.1. The number of ketones is 1. The van der Waals surface area contributed by atoms with Crippen molar-refractivity contribution in [3.63, 3.8) is 0 Å². The maximum absolute atomic E-state index is 11.3. The topological polar surface area (TPSA) is 50.1 Å². The lowest BCUT2D eigenvalue weighted by atomic mass is 9.74. The van der Waals surface area contributed by atoms with E-state index in [-0.39, 0.29) is 11.9 Å². The van der Waals surface area contributed by atoms with Crippen LogP contribution in [0.25, 0.3) is 0 Å². The van der Waals surface area contributed by atoms with Gasteiger partial charge in [0.2, 0.25) is 0 Å². The predicted molar refractivity (Wildman–Crippen MR) is 43.4 cm³/mol. The van der Waals surface area contributed by atoms with E-state index < -0.39 is 5.41 Å². The molecule has 0 aromatic heterocycles. The molecule has 0 aromatic carbocycles. The molecule has 0 aliphatic heterocycles. The molecule has 1 fully saturated rings. The largest absolute Gasteiger partial charge is 0.381 e. The van der Waals surface area contributed by atoms with Gasteiger partial charge in [-0.3, -0.25) is 4.79 Å². The van der Waals surface area contributed by atoms with E-state index in [1.807, 2.05) is 0 Å². The molecule has 1 saturated carbocycles. The number of carbonyl (C=O) groups excluding carboxylic acids is 1. The van der Waals surface area contributed by atoms with Gasteiger partial charge in [-0.25, -0.2) is 0 Å². The Kier molecular flexibility index (Phi) is 2.49. The number of Topliss-reactive ketones (excluding diaryl/α,β-unsaturated/α-hetero) is 1. The Bertz CT molecular complexity index is 231. The van der Waals surface area contributed by atoms with E-state index >= 15 is 0 Å². The molecular formula is C9H13NO2. The zero-order valence-corrected chi connectivity index (χ0v) is 7.46. The molecular weight excluding hydrogens is 154 g/mol. The number of rotatable bonds is 1. The van der Waals surface area contributed by atoms with Crippen LogP contribution in [0.3, 0.4) is 0 Å². The third kappa shape index (κ3) is 1.49. The summed E-state index contributed by atoms with van der Waals surface area (Å²) in [5.74, 6) is 0.0540. The van der Waals surface area contributed by atoms with E-state index in [2.05, 4.69) is 6.07 Å². The van der Waals surface area contributed by atoms with Crippen LogP contribution >= 0.6 is 0 Å². The van der Waals surface area contributed by atoms with E-state index in [0.717, 1.165) is 6.42 Å². The molecule has 0 radical (unpaired) electrons. The van der Waals surface area contributed by atoms with Gasteiger partial charge in [-0.2, -0.15) is 5.26 Å². The molecule has 0 heterocycles. The number of nitriles is 1. The van der Waals surface area contributed by atoms with Gasteiger partial charge in [0.05, 0.1) is 12.2 Å². The van der Waals surface area contributed by atoms with Crippen molar-refractivity contribution in [1.29, 1.82) is 5.26 Å². The van der Waals surface area contributed by atoms with Crippen molar-refractivity contribution in [3.05, 3.63) is 0 Å². The molecule has 0 bridgehead atoms. The van der Waals surface area contributed by atoms with Gasteiger partial charge in [0.25, 0.3) is 0 Å². The van der Waals surface area contributed by atoms with Crippen LogP contribution in [0, 0.1) is 16.7 Å². The van der Waals surface area contributed by atoms with E-state index in [0.29, 0.717) is 12.8 Å². The smallest absolute Gasteiger partial charge is 0.152 e. The number of methoxy groups -OCH3 is 1. The van der Waals surface area contributed by atoms with Crippen LogP contribution in [0.1, 0.15) is 26.2 Å². The molecule has 0 spiro atoms. The molecule has 0 N–H and O–H groups in total. The molecule has 0 aromatic rings. The highest BCUT2D eigenvalue weighted by Gasteiger charge is 2.39. The van der Waals surface area contributed by atoms with Gasteiger partial charge in [-0.05, 0) is 19.8 Å². The molecule has 0 unspecified atom stereocenters. The van der Waals surface area contributed by atoms with Crippen molar-refractivity contribution >= 4 is 5.78 Å². The highest BCUT2D eigenvalue weighted by Crippen LogP contribution is 2.33. The summed E-state index contributed by atoms with van der Waals surface area (Å²) in [5.41, 5.74) is -0.807. The molecule has 3 nitrogen and oxygen atoms in total. The molecule has 66 valence electrons. The van der Waals surface area contributed by atoms with Crippen molar-refractivity contribution in [2.75, 3.05) is 7.11 Å². The summed E-state index contributed by atoms with van der Waals surface area (Å²) in [7, 11) is 1.62. The van der Waals surface area contributed by atoms with Crippen LogP contribution < -0.4 is 0 Å². The van der Waals surface area contributed by atoms with Crippen molar-refractivity contribution in [2.24, 2.45) is 5.41 Å². The second-order valence-corrected chi connectivity index (χ2v) is 3.47. The monoisotopic (exact) mass is 167 g/mol. The third-order valence-electron chi connectivity index (χ3n) is 2.52. The zero-order valence-electron chi connectivity index (χ0n) is 7.46. The van der Waals surface area contributed by atoms with Crippen LogP contribution in [-0.4, -0.2) is 19.0 Å². The highest BCUT2D eigenvalue weighted by atomic mass is 16.5. The van der Waals surface area contributed by atoms with Crippen LogP contribution in [-0.2, 0) is 9.53 Å². The Hall–Kier alpha value is -0.880. The second-order valence-electron chi connectivity index (χ2n) is 3.47. The Labute approximate surface area is 72.3 Å². The summed E-state index contributed by atoms with van der Waals surface area (Å²) in [6, 6.07) is 2.06. The molecule has 3 heteroatoms. The van der Waals surface area contributed by atoms with Crippen molar-refractivity contribution in [1.82, 2.24) is 0 Å². The average molecular weight is 167 g/mol. The van der Waals surface area contributed by atoms with E-state index in [1.54, 1.807) is 14.0 Å². The molecule has 12 heavy (non-hydrogen) atoms. The fourth-order valence-corrected chi connectivity index (χ4v) is 1.55. The summed E-state index contributed by atoms with van der Waals surface area (Å²) in [5, 5.41) is 8.81. The van der Waals surface area contributed by atoms with Gasteiger partial charge in [-0.1, -0.05) is 0 Å². The quantitative estimate of drug-likeness (QED) is 0.591. The highest BCUT2D eigenvalue weighted by molar-refractivity contribution is 5.87. The van der Waals surface area contributed by atoms with Crippen LogP contribution in [0.5, 0.6) is 0 Å². The molecule has 1 aliphatic carbocycles. The Morgan fingerprint density at radius 2 is 2.42 bits per heavy atom. The molecule has 1 rings (SSSR count). The van der Waals surface area contributed by atoms with Crippen LogP contribution in [0.4, 0.5) is 0 Å². The zero-order chi connectivity index (χ0) is 9.19. The Morgan fingerprint density at radius 1 is 1.75 bits per heavy atom. The summed E-state index contributed by atoms with van der Waals surface area (Å²) >= 11 is 0. The fraction of sp³-hybridized carbons (Fsp3) is 0.778. The van der Waals surface area contributed by atoms with E-state index in [4.69, 9.17) is 10.00 Å². The standard InChI is InChI=1S/C9H13NO2/c1-9(6-10)5-7(12-2)3-4-8(9)11/h7H,3-5H2,1-2H3/t7-,9-/m0/s1. The van der Waals surface area contributed by atoms with Crippen molar-refractivity contribution in [3.8, 4) is 6.07 Å². The summed E-state index contributed by atoms with van der Waals surface area (Å²) in [6.45, 7) is 1.69. The lowest BCUT2D eigenvalue weighted by Crippen LogP contribution is -2.36. The maximum atomic E-state index is 11.3. The van der Waals surface area contributed by atoms with Gasteiger partial charge in [0, 0.05) is 13.5 Å². The molecule has 0 saturated heterocycles. The third-order valence-corrected chi connectivity index (χ3v) is 2.52. The first-order chi connectivity index (χ1) is 5.62. The van der Waals surface area contributed by atoms with E-state index in [9.17, 15) is 4.79 Å². The molecule has 1 aliphatic rings. The Balaban J connectivity index is 2.73. The minimum absolute atomic E-state index is 0.0540. The van der Waals surface area contributed by atoms with Crippen LogP contribution in [0.15, 0.2) is 0 Å². The predicted octanol–water partition coefficient (Wildman–Crippen LogP) is 1.28. The van der Waals surface area contributed by atoms with Crippen molar-refractivity contribution in [2.45, 2.75) is 32.3 Å².